The Balaban J connectivity index is 2.16. The van der Waals surface area contributed by atoms with E-state index in [4.69, 9.17) is 0 Å². The van der Waals surface area contributed by atoms with Gasteiger partial charge in [-0.05, 0) is 55.7 Å². The standard InChI is InChI=1S/C21H26N2O2/c1-5-6-13-23(4)21(25)18-11-8-10-17(14-18)20(24)22-19-12-7-9-15(2)16(19)3/h7-12,14H,5-6,13H2,1-4H3,(H,22,24). The number of unbranched alkanes of at least 4 members (excludes halogenated alkanes) is 1. The maximum atomic E-state index is 12.6. The highest BCUT2D eigenvalue weighted by atomic mass is 16.2. The molecule has 0 unspecified atom stereocenters. The van der Waals surface area contributed by atoms with Gasteiger partial charge >= 0.3 is 0 Å². The lowest BCUT2D eigenvalue weighted by atomic mass is 10.1. The van der Waals surface area contributed by atoms with Crippen LogP contribution in [0, 0.1) is 13.8 Å². The molecule has 2 amide bonds. The highest BCUT2D eigenvalue weighted by molar-refractivity contribution is 6.06. The first-order valence-electron chi connectivity index (χ1n) is 8.67. The molecule has 2 aromatic rings. The largest absolute Gasteiger partial charge is 0.342 e. The van der Waals surface area contributed by atoms with Gasteiger partial charge in [0.15, 0.2) is 0 Å². The van der Waals surface area contributed by atoms with Crippen LogP contribution >= 0.6 is 0 Å². The number of amides is 2. The fourth-order valence-corrected chi connectivity index (χ4v) is 2.59. The number of carbonyl (C=O) groups excluding carboxylic acids is 2. The van der Waals surface area contributed by atoms with Crippen LogP contribution in [0.3, 0.4) is 0 Å². The monoisotopic (exact) mass is 338 g/mol. The van der Waals surface area contributed by atoms with Crippen LogP contribution in [0.2, 0.25) is 0 Å². The van der Waals surface area contributed by atoms with Crippen molar-refractivity contribution in [1.82, 2.24) is 4.90 Å². The smallest absolute Gasteiger partial charge is 0.255 e. The quantitative estimate of drug-likeness (QED) is 0.847. The van der Waals surface area contributed by atoms with E-state index in [2.05, 4.69) is 12.2 Å². The Morgan fingerprint density at radius 1 is 1.04 bits per heavy atom. The number of rotatable bonds is 6. The average Bonchev–Trinajstić information content (AvgIpc) is 2.62. The molecule has 0 atom stereocenters. The molecule has 132 valence electrons. The summed E-state index contributed by atoms with van der Waals surface area (Å²) >= 11 is 0. The molecule has 0 aromatic heterocycles. The molecule has 1 N–H and O–H groups in total. The van der Waals surface area contributed by atoms with Crippen LogP contribution in [-0.4, -0.2) is 30.3 Å². The molecule has 4 heteroatoms. The number of aryl methyl sites for hydroxylation is 1. The minimum Gasteiger partial charge on any atom is -0.342 e. The van der Waals surface area contributed by atoms with Crippen LogP contribution in [0.15, 0.2) is 42.5 Å². The Morgan fingerprint density at radius 3 is 2.44 bits per heavy atom. The summed E-state index contributed by atoms with van der Waals surface area (Å²) in [7, 11) is 1.79. The van der Waals surface area contributed by atoms with E-state index in [9.17, 15) is 9.59 Å². The summed E-state index contributed by atoms with van der Waals surface area (Å²) in [6, 6.07) is 12.7. The summed E-state index contributed by atoms with van der Waals surface area (Å²) in [6.07, 6.45) is 2.00. The predicted molar refractivity (Wildman–Crippen MR) is 102 cm³/mol. The molecule has 0 fully saturated rings. The van der Waals surface area contributed by atoms with E-state index in [1.807, 2.05) is 32.0 Å². The van der Waals surface area contributed by atoms with Gasteiger partial charge in [0.05, 0.1) is 0 Å². The molecule has 0 aliphatic rings. The predicted octanol–water partition coefficient (Wildman–Crippen LogP) is 4.43. The number of nitrogens with zero attached hydrogens (tertiary/aromatic N) is 1. The second kappa shape index (κ2) is 8.47. The maximum Gasteiger partial charge on any atom is 0.255 e. The Bertz CT molecular complexity index is 768. The molecular weight excluding hydrogens is 312 g/mol. The van der Waals surface area contributed by atoms with Gasteiger partial charge in [-0.2, -0.15) is 0 Å². The van der Waals surface area contributed by atoms with Gasteiger partial charge in [0.25, 0.3) is 11.8 Å². The highest BCUT2D eigenvalue weighted by Crippen LogP contribution is 2.19. The molecule has 4 nitrogen and oxygen atoms in total. The summed E-state index contributed by atoms with van der Waals surface area (Å²) < 4.78 is 0. The molecule has 0 radical (unpaired) electrons. The topological polar surface area (TPSA) is 49.4 Å². The van der Waals surface area contributed by atoms with E-state index in [1.165, 1.54) is 0 Å². The van der Waals surface area contributed by atoms with Crippen LogP contribution in [0.1, 0.15) is 51.6 Å². The van der Waals surface area contributed by atoms with E-state index in [1.54, 1.807) is 36.2 Å². The Morgan fingerprint density at radius 2 is 1.72 bits per heavy atom. The fraction of sp³-hybridized carbons (Fsp3) is 0.333. The van der Waals surface area contributed by atoms with Crippen molar-refractivity contribution >= 4 is 17.5 Å². The van der Waals surface area contributed by atoms with E-state index in [0.717, 1.165) is 29.7 Å². The molecule has 0 spiro atoms. The lowest BCUT2D eigenvalue weighted by molar-refractivity contribution is 0.0793. The van der Waals surface area contributed by atoms with Crippen LogP contribution in [0.4, 0.5) is 5.69 Å². The minimum absolute atomic E-state index is 0.0603. The Hall–Kier alpha value is -2.62. The normalized spacial score (nSPS) is 10.4. The minimum atomic E-state index is -0.209. The van der Waals surface area contributed by atoms with Crippen LogP contribution in [0.5, 0.6) is 0 Å². The number of hydrogen-bond donors (Lipinski definition) is 1. The molecule has 2 rings (SSSR count). The third kappa shape index (κ3) is 4.69. The van der Waals surface area contributed by atoms with Gasteiger partial charge < -0.3 is 10.2 Å². The Labute approximate surface area is 149 Å². The molecule has 0 aliphatic heterocycles. The van der Waals surface area contributed by atoms with Gasteiger partial charge in [0.1, 0.15) is 0 Å². The summed E-state index contributed by atoms with van der Waals surface area (Å²) in [5.41, 5.74) is 3.98. The summed E-state index contributed by atoms with van der Waals surface area (Å²) in [6.45, 7) is 6.80. The van der Waals surface area contributed by atoms with E-state index in [-0.39, 0.29) is 11.8 Å². The molecular formula is C21H26N2O2. The van der Waals surface area contributed by atoms with Crippen molar-refractivity contribution in [2.75, 3.05) is 18.9 Å². The van der Waals surface area contributed by atoms with Crippen molar-refractivity contribution in [3.05, 3.63) is 64.7 Å². The number of anilines is 1. The average molecular weight is 338 g/mol. The van der Waals surface area contributed by atoms with Gasteiger partial charge in [-0.15, -0.1) is 0 Å². The maximum absolute atomic E-state index is 12.6. The van der Waals surface area contributed by atoms with Crippen molar-refractivity contribution in [1.29, 1.82) is 0 Å². The van der Waals surface area contributed by atoms with Crippen LogP contribution < -0.4 is 5.32 Å². The molecule has 25 heavy (non-hydrogen) atoms. The van der Waals surface area contributed by atoms with Gasteiger partial charge in [0, 0.05) is 30.4 Å². The fourth-order valence-electron chi connectivity index (χ4n) is 2.59. The molecule has 0 heterocycles. The van der Waals surface area contributed by atoms with Crippen molar-refractivity contribution in [2.45, 2.75) is 33.6 Å². The van der Waals surface area contributed by atoms with Gasteiger partial charge in [-0.3, -0.25) is 9.59 Å². The molecule has 0 aliphatic carbocycles. The third-order valence-electron chi connectivity index (χ3n) is 4.42. The summed E-state index contributed by atoms with van der Waals surface area (Å²) in [4.78, 5) is 26.7. The van der Waals surface area contributed by atoms with Gasteiger partial charge in [0.2, 0.25) is 0 Å². The zero-order chi connectivity index (χ0) is 18.4. The molecule has 0 bridgehead atoms. The Kier molecular flexibility index (Phi) is 6.34. The molecule has 0 saturated heterocycles. The SMILES string of the molecule is CCCCN(C)C(=O)c1cccc(C(=O)Nc2cccc(C)c2C)c1. The number of benzene rings is 2. The van der Waals surface area contributed by atoms with Crippen molar-refractivity contribution in [3.63, 3.8) is 0 Å². The van der Waals surface area contributed by atoms with E-state index in [0.29, 0.717) is 17.7 Å². The van der Waals surface area contributed by atoms with Crippen LogP contribution in [0.25, 0.3) is 0 Å². The van der Waals surface area contributed by atoms with Gasteiger partial charge in [-0.1, -0.05) is 31.5 Å². The first-order valence-corrected chi connectivity index (χ1v) is 8.67. The number of carbonyl (C=O) groups is 2. The van der Waals surface area contributed by atoms with E-state index < -0.39 is 0 Å². The number of nitrogens with one attached hydrogen (secondary N) is 1. The third-order valence-corrected chi connectivity index (χ3v) is 4.42. The summed E-state index contributed by atoms with van der Waals surface area (Å²) in [5, 5.41) is 2.93. The van der Waals surface area contributed by atoms with Crippen molar-refractivity contribution < 1.29 is 9.59 Å². The number of hydrogen-bond acceptors (Lipinski definition) is 2. The summed E-state index contributed by atoms with van der Waals surface area (Å²) in [5.74, 6) is -0.269. The second-order valence-corrected chi connectivity index (χ2v) is 6.36. The lowest BCUT2D eigenvalue weighted by Gasteiger charge is -2.17. The molecule has 2 aromatic carbocycles. The van der Waals surface area contributed by atoms with Gasteiger partial charge in [-0.25, -0.2) is 0 Å². The van der Waals surface area contributed by atoms with Crippen molar-refractivity contribution in [3.8, 4) is 0 Å². The molecule has 0 saturated carbocycles. The van der Waals surface area contributed by atoms with Crippen molar-refractivity contribution in [2.24, 2.45) is 0 Å². The van der Waals surface area contributed by atoms with Crippen LogP contribution in [-0.2, 0) is 0 Å². The second-order valence-electron chi connectivity index (χ2n) is 6.36. The highest BCUT2D eigenvalue weighted by Gasteiger charge is 2.14. The van der Waals surface area contributed by atoms with E-state index >= 15 is 0 Å². The lowest BCUT2D eigenvalue weighted by Crippen LogP contribution is -2.28. The zero-order valence-electron chi connectivity index (χ0n) is 15.4. The first-order chi connectivity index (χ1) is 11.9. The zero-order valence-corrected chi connectivity index (χ0v) is 15.4. The first kappa shape index (κ1) is 18.7.